The minimum absolute atomic E-state index is 0.174. The van der Waals surface area contributed by atoms with Crippen LogP contribution in [0.5, 0.6) is 0 Å². The van der Waals surface area contributed by atoms with Crippen molar-refractivity contribution in [3.05, 3.63) is 0 Å². The third-order valence-electron chi connectivity index (χ3n) is 0.858. The highest BCUT2D eigenvalue weighted by atomic mass is 19.4. The highest BCUT2D eigenvalue weighted by molar-refractivity contribution is 4.62. The first-order valence-electron chi connectivity index (χ1n) is 2.81. The van der Waals surface area contributed by atoms with Crippen molar-refractivity contribution in [1.82, 2.24) is 0 Å². The van der Waals surface area contributed by atoms with Crippen LogP contribution in [0, 0.1) is 0 Å². The van der Waals surface area contributed by atoms with E-state index in [1.807, 2.05) is 0 Å². The molecule has 5 heteroatoms. The van der Waals surface area contributed by atoms with Crippen LogP contribution < -0.4 is 0 Å². The van der Waals surface area contributed by atoms with Gasteiger partial charge in [-0.15, -0.1) is 0 Å². The molecule has 0 spiro atoms. The molecule has 0 aliphatic rings. The van der Waals surface area contributed by atoms with Gasteiger partial charge in [0.2, 0.25) is 0 Å². The fourth-order valence-corrected chi connectivity index (χ4v) is 0.324. The number of hydrogen-bond donors (Lipinski definition) is 1. The van der Waals surface area contributed by atoms with E-state index >= 15 is 0 Å². The quantitative estimate of drug-likeness (QED) is 0.662. The van der Waals surface area contributed by atoms with Crippen LogP contribution >= 0.6 is 0 Å². The van der Waals surface area contributed by atoms with E-state index < -0.39 is 18.9 Å². The second-order valence-corrected chi connectivity index (χ2v) is 1.72. The molecule has 0 aliphatic heterocycles. The molecule has 0 fully saturated rings. The van der Waals surface area contributed by atoms with Crippen LogP contribution in [-0.2, 0) is 4.74 Å². The predicted octanol–water partition coefficient (Wildman–Crippen LogP) is 0.946. The summed E-state index contributed by atoms with van der Waals surface area (Å²) < 4.78 is 38.7. The molecule has 0 aromatic carbocycles. The van der Waals surface area contributed by atoms with E-state index in [1.165, 1.54) is 0 Å². The standard InChI is InChI=1S/C5H9F3O2/c1-2-10-3-4(9)5(6,7)8/h4,9H,2-3H2,1H3/t4-/m0/s1. The Kier molecular flexibility index (Phi) is 3.67. The molecule has 62 valence electrons. The molecule has 0 rings (SSSR count). The topological polar surface area (TPSA) is 29.5 Å². The lowest BCUT2D eigenvalue weighted by molar-refractivity contribution is -0.216. The van der Waals surface area contributed by atoms with Crippen molar-refractivity contribution in [2.75, 3.05) is 13.2 Å². The molecule has 0 aromatic heterocycles. The minimum atomic E-state index is -4.56. The summed E-state index contributed by atoms with van der Waals surface area (Å²) in [5.41, 5.74) is 0. The van der Waals surface area contributed by atoms with Gasteiger partial charge in [0.15, 0.2) is 6.10 Å². The van der Waals surface area contributed by atoms with E-state index in [4.69, 9.17) is 5.11 Å². The smallest absolute Gasteiger partial charge is 0.382 e. The SMILES string of the molecule is CCOC[C@H](O)C(F)(F)F. The lowest BCUT2D eigenvalue weighted by Gasteiger charge is -2.13. The summed E-state index contributed by atoms with van der Waals surface area (Å²) >= 11 is 0. The zero-order valence-corrected chi connectivity index (χ0v) is 5.48. The Hall–Kier alpha value is -0.290. The summed E-state index contributed by atoms with van der Waals surface area (Å²) in [6, 6.07) is 0. The number of ether oxygens (including phenoxy) is 1. The number of aliphatic hydroxyl groups excluding tert-OH is 1. The van der Waals surface area contributed by atoms with Crippen LogP contribution in [0.3, 0.4) is 0 Å². The summed E-state index contributed by atoms with van der Waals surface area (Å²) in [5, 5.41) is 8.27. The number of alkyl halides is 3. The van der Waals surface area contributed by atoms with Crippen molar-refractivity contribution in [2.24, 2.45) is 0 Å². The number of hydrogen-bond acceptors (Lipinski definition) is 2. The zero-order chi connectivity index (χ0) is 8.20. The molecular formula is C5H9F3O2. The Morgan fingerprint density at radius 1 is 1.50 bits per heavy atom. The van der Waals surface area contributed by atoms with Gasteiger partial charge < -0.3 is 9.84 Å². The summed E-state index contributed by atoms with van der Waals surface area (Å²) in [4.78, 5) is 0. The van der Waals surface area contributed by atoms with Gasteiger partial charge in [0, 0.05) is 6.61 Å². The van der Waals surface area contributed by atoms with Gasteiger partial charge in [-0.25, -0.2) is 0 Å². The summed E-state index contributed by atoms with van der Waals surface area (Å²) in [6.07, 6.45) is -6.91. The van der Waals surface area contributed by atoms with Crippen LogP contribution in [0.25, 0.3) is 0 Å². The van der Waals surface area contributed by atoms with Crippen molar-refractivity contribution in [3.63, 3.8) is 0 Å². The van der Waals surface area contributed by atoms with Crippen molar-refractivity contribution in [1.29, 1.82) is 0 Å². The maximum Gasteiger partial charge on any atom is 0.416 e. The van der Waals surface area contributed by atoms with Gasteiger partial charge in [-0.05, 0) is 6.92 Å². The Morgan fingerprint density at radius 3 is 2.30 bits per heavy atom. The highest BCUT2D eigenvalue weighted by Crippen LogP contribution is 2.19. The van der Waals surface area contributed by atoms with Gasteiger partial charge >= 0.3 is 6.18 Å². The van der Waals surface area contributed by atoms with Gasteiger partial charge in [0.1, 0.15) is 0 Å². The normalized spacial score (nSPS) is 15.3. The van der Waals surface area contributed by atoms with E-state index in [-0.39, 0.29) is 6.61 Å². The third-order valence-corrected chi connectivity index (χ3v) is 0.858. The molecule has 2 nitrogen and oxygen atoms in total. The van der Waals surface area contributed by atoms with E-state index in [0.29, 0.717) is 0 Å². The molecule has 0 amide bonds. The van der Waals surface area contributed by atoms with Crippen molar-refractivity contribution >= 4 is 0 Å². The molecule has 0 saturated carbocycles. The van der Waals surface area contributed by atoms with E-state index in [1.54, 1.807) is 6.92 Å². The lowest BCUT2D eigenvalue weighted by Crippen LogP contribution is -2.32. The first-order chi connectivity index (χ1) is 4.48. The van der Waals surface area contributed by atoms with Crippen molar-refractivity contribution in [3.8, 4) is 0 Å². The second-order valence-electron chi connectivity index (χ2n) is 1.72. The summed E-state index contributed by atoms with van der Waals surface area (Å²) in [7, 11) is 0. The Bertz CT molecular complexity index is 91.4. The van der Waals surface area contributed by atoms with Crippen LogP contribution in [0.1, 0.15) is 6.92 Å². The van der Waals surface area contributed by atoms with Crippen molar-refractivity contribution in [2.45, 2.75) is 19.2 Å². The van der Waals surface area contributed by atoms with Gasteiger partial charge in [-0.1, -0.05) is 0 Å². The number of halogens is 3. The molecule has 0 bridgehead atoms. The lowest BCUT2D eigenvalue weighted by atomic mass is 10.4. The monoisotopic (exact) mass is 158 g/mol. The maximum absolute atomic E-state index is 11.4. The molecular weight excluding hydrogens is 149 g/mol. The first kappa shape index (κ1) is 9.71. The Balaban J connectivity index is 3.52. The number of aliphatic hydroxyl groups is 1. The summed E-state index contributed by atoms with van der Waals surface area (Å²) in [6.45, 7) is 1.05. The average Bonchev–Trinajstić information content (AvgIpc) is 1.80. The average molecular weight is 158 g/mol. The predicted molar refractivity (Wildman–Crippen MR) is 28.6 cm³/mol. The van der Waals surface area contributed by atoms with E-state index in [9.17, 15) is 13.2 Å². The van der Waals surface area contributed by atoms with Crippen LogP contribution in [0.15, 0.2) is 0 Å². The van der Waals surface area contributed by atoms with Crippen LogP contribution in [0.4, 0.5) is 13.2 Å². The molecule has 0 aliphatic carbocycles. The molecule has 10 heavy (non-hydrogen) atoms. The van der Waals surface area contributed by atoms with Crippen molar-refractivity contribution < 1.29 is 23.0 Å². The molecule has 1 atom stereocenters. The molecule has 1 N–H and O–H groups in total. The van der Waals surface area contributed by atoms with Gasteiger partial charge in [-0.2, -0.15) is 13.2 Å². The minimum Gasteiger partial charge on any atom is -0.382 e. The second kappa shape index (κ2) is 3.78. The molecule has 0 unspecified atom stereocenters. The largest absolute Gasteiger partial charge is 0.416 e. The van der Waals surface area contributed by atoms with Crippen LogP contribution in [-0.4, -0.2) is 30.6 Å². The van der Waals surface area contributed by atoms with Crippen LogP contribution in [0.2, 0.25) is 0 Å². The molecule has 0 radical (unpaired) electrons. The first-order valence-corrected chi connectivity index (χ1v) is 2.81. The number of rotatable bonds is 3. The fraction of sp³-hybridized carbons (Fsp3) is 1.00. The zero-order valence-electron chi connectivity index (χ0n) is 5.48. The van der Waals surface area contributed by atoms with Gasteiger partial charge in [-0.3, -0.25) is 0 Å². The van der Waals surface area contributed by atoms with Gasteiger partial charge in [0.05, 0.1) is 6.61 Å². The molecule has 0 aromatic rings. The Labute approximate surface area is 56.6 Å². The third kappa shape index (κ3) is 3.68. The van der Waals surface area contributed by atoms with E-state index in [0.717, 1.165) is 0 Å². The maximum atomic E-state index is 11.4. The molecule has 0 heterocycles. The fourth-order valence-electron chi connectivity index (χ4n) is 0.324. The van der Waals surface area contributed by atoms with Gasteiger partial charge in [0.25, 0.3) is 0 Å². The highest BCUT2D eigenvalue weighted by Gasteiger charge is 2.37. The molecule has 0 saturated heterocycles. The summed E-state index contributed by atoms with van der Waals surface area (Å²) in [5.74, 6) is 0. The Morgan fingerprint density at radius 2 is 2.00 bits per heavy atom. The van der Waals surface area contributed by atoms with E-state index in [2.05, 4.69) is 4.74 Å².